The van der Waals surface area contributed by atoms with E-state index in [-0.39, 0.29) is 0 Å². The topological polar surface area (TPSA) is 33.7 Å². The first-order valence-corrected chi connectivity index (χ1v) is 6.76. The molecule has 0 amide bonds. The highest BCUT2D eigenvalue weighted by molar-refractivity contribution is 4.82. The average molecular weight is 240 g/mol. The first kappa shape index (κ1) is 12.9. The van der Waals surface area contributed by atoms with E-state index in [4.69, 9.17) is 9.47 Å². The lowest BCUT2D eigenvalue weighted by atomic mass is 10.1. The summed E-state index contributed by atoms with van der Waals surface area (Å²) in [6.07, 6.45) is 7.82. The van der Waals surface area contributed by atoms with Gasteiger partial charge in [0.1, 0.15) is 6.10 Å². The molecule has 0 saturated carbocycles. The molecule has 2 heterocycles. The summed E-state index contributed by atoms with van der Waals surface area (Å²) in [6.45, 7) is 7.23. The van der Waals surface area contributed by atoms with E-state index in [1.807, 2.05) is 6.26 Å². The summed E-state index contributed by atoms with van der Waals surface area (Å²) in [4.78, 5) is 2.48. The van der Waals surface area contributed by atoms with Crippen molar-refractivity contribution in [3.05, 3.63) is 12.3 Å². The van der Waals surface area contributed by atoms with E-state index in [0.29, 0.717) is 6.10 Å². The summed E-state index contributed by atoms with van der Waals surface area (Å²) >= 11 is 0. The van der Waals surface area contributed by atoms with Crippen LogP contribution in [-0.4, -0.2) is 56.9 Å². The van der Waals surface area contributed by atoms with Gasteiger partial charge in [-0.3, -0.25) is 4.90 Å². The molecule has 1 saturated heterocycles. The maximum Gasteiger partial charge on any atom is 0.110 e. The lowest BCUT2D eigenvalue weighted by Crippen LogP contribution is -2.38. The van der Waals surface area contributed by atoms with Gasteiger partial charge in [0.2, 0.25) is 0 Å². The first-order chi connectivity index (χ1) is 8.45. The van der Waals surface area contributed by atoms with E-state index in [2.05, 4.69) is 16.3 Å². The minimum atomic E-state index is 0.378. The second kappa shape index (κ2) is 7.69. The van der Waals surface area contributed by atoms with Crippen molar-refractivity contribution in [3.63, 3.8) is 0 Å². The first-order valence-electron chi connectivity index (χ1n) is 6.76. The maximum absolute atomic E-state index is 5.50. The normalized spacial score (nSPS) is 25.8. The number of ether oxygens (including phenoxy) is 2. The van der Waals surface area contributed by atoms with E-state index < -0.39 is 0 Å². The largest absolute Gasteiger partial charge is 0.497 e. The zero-order valence-electron chi connectivity index (χ0n) is 10.6. The predicted octanol–water partition coefficient (Wildman–Crippen LogP) is 0.991. The van der Waals surface area contributed by atoms with E-state index in [0.717, 1.165) is 52.2 Å². The zero-order valence-corrected chi connectivity index (χ0v) is 10.6. The van der Waals surface area contributed by atoms with Crippen LogP contribution in [0.2, 0.25) is 0 Å². The van der Waals surface area contributed by atoms with Crippen molar-refractivity contribution in [2.24, 2.45) is 0 Å². The van der Waals surface area contributed by atoms with Crippen molar-refractivity contribution in [1.82, 2.24) is 10.2 Å². The number of rotatable bonds is 6. The van der Waals surface area contributed by atoms with E-state index in [9.17, 15) is 0 Å². The summed E-state index contributed by atoms with van der Waals surface area (Å²) in [5, 5.41) is 3.48. The van der Waals surface area contributed by atoms with Crippen LogP contribution < -0.4 is 5.32 Å². The highest BCUT2D eigenvalue weighted by atomic mass is 16.5. The van der Waals surface area contributed by atoms with Crippen LogP contribution >= 0.6 is 0 Å². The second-order valence-electron chi connectivity index (χ2n) is 4.72. The monoisotopic (exact) mass is 240 g/mol. The molecular weight excluding hydrogens is 216 g/mol. The summed E-state index contributed by atoms with van der Waals surface area (Å²) < 4.78 is 10.8. The van der Waals surface area contributed by atoms with Gasteiger partial charge in [0.25, 0.3) is 0 Å². The SMILES string of the molecule is C1=COC(CNCCCN2CCOCC2)CC1. The third-order valence-corrected chi connectivity index (χ3v) is 3.33. The standard InChI is InChI=1S/C13H24N2O2/c1-2-9-17-13(4-1)12-14-5-3-6-15-7-10-16-11-8-15/h2,9,13-14H,1,3-8,10-12H2. The Morgan fingerprint density at radius 3 is 2.94 bits per heavy atom. The number of hydrogen-bond acceptors (Lipinski definition) is 4. The third kappa shape index (κ3) is 5.06. The van der Waals surface area contributed by atoms with E-state index in [1.54, 1.807) is 0 Å². The minimum absolute atomic E-state index is 0.378. The molecule has 98 valence electrons. The van der Waals surface area contributed by atoms with Crippen LogP contribution in [0.15, 0.2) is 12.3 Å². The molecule has 4 nitrogen and oxygen atoms in total. The number of nitrogens with zero attached hydrogens (tertiary/aromatic N) is 1. The summed E-state index contributed by atoms with van der Waals surface area (Å²) in [6, 6.07) is 0. The number of morpholine rings is 1. The summed E-state index contributed by atoms with van der Waals surface area (Å²) in [5.41, 5.74) is 0. The molecule has 0 aromatic rings. The van der Waals surface area contributed by atoms with Crippen LogP contribution in [0.25, 0.3) is 0 Å². The number of allylic oxidation sites excluding steroid dienone is 1. The fourth-order valence-corrected chi connectivity index (χ4v) is 2.25. The second-order valence-corrected chi connectivity index (χ2v) is 4.72. The highest BCUT2D eigenvalue weighted by Crippen LogP contribution is 2.08. The van der Waals surface area contributed by atoms with Gasteiger partial charge in [-0.25, -0.2) is 0 Å². The van der Waals surface area contributed by atoms with Gasteiger partial charge in [0, 0.05) is 19.6 Å². The van der Waals surface area contributed by atoms with Crippen LogP contribution in [0.4, 0.5) is 0 Å². The Kier molecular flexibility index (Phi) is 5.82. The molecule has 17 heavy (non-hydrogen) atoms. The fourth-order valence-electron chi connectivity index (χ4n) is 2.25. The molecule has 1 fully saturated rings. The van der Waals surface area contributed by atoms with Crippen molar-refractivity contribution in [2.75, 3.05) is 45.9 Å². The van der Waals surface area contributed by atoms with Crippen molar-refractivity contribution >= 4 is 0 Å². The van der Waals surface area contributed by atoms with Gasteiger partial charge < -0.3 is 14.8 Å². The van der Waals surface area contributed by atoms with E-state index in [1.165, 1.54) is 13.0 Å². The van der Waals surface area contributed by atoms with Gasteiger partial charge in [0.05, 0.1) is 19.5 Å². The Morgan fingerprint density at radius 1 is 1.29 bits per heavy atom. The molecule has 0 bridgehead atoms. The number of nitrogens with one attached hydrogen (secondary N) is 1. The molecule has 1 unspecified atom stereocenters. The molecule has 0 spiro atoms. The Balaban J connectivity index is 1.44. The lowest BCUT2D eigenvalue weighted by Gasteiger charge is -2.26. The highest BCUT2D eigenvalue weighted by Gasteiger charge is 2.11. The molecule has 0 aromatic carbocycles. The average Bonchev–Trinajstić information content (AvgIpc) is 2.41. The maximum atomic E-state index is 5.50. The molecule has 2 aliphatic heterocycles. The molecule has 1 N–H and O–H groups in total. The van der Waals surface area contributed by atoms with Gasteiger partial charge >= 0.3 is 0 Å². The minimum Gasteiger partial charge on any atom is -0.497 e. The van der Waals surface area contributed by atoms with Gasteiger partial charge in [-0.2, -0.15) is 0 Å². The Morgan fingerprint density at radius 2 is 2.18 bits per heavy atom. The van der Waals surface area contributed by atoms with Gasteiger partial charge in [-0.1, -0.05) is 0 Å². The zero-order chi connectivity index (χ0) is 11.8. The summed E-state index contributed by atoms with van der Waals surface area (Å²) in [5.74, 6) is 0. The van der Waals surface area contributed by atoms with Crippen LogP contribution in [0, 0.1) is 0 Å². The van der Waals surface area contributed by atoms with Crippen LogP contribution in [0.1, 0.15) is 19.3 Å². The third-order valence-electron chi connectivity index (χ3n) is 3.33. The molecular formula is C13H24N2O2. The molecule has 1 atom stereocenters. The lowest BCUT2D eigenvalue weighted by molar-refractivity contribution is 0.0373. The molecule has 2 rings (SSSR count). The van der Waals surface area contributed by atoms with Gasteiger partial charge in [0.15, 0.2) is 0 Å². The molecule has 2 aliphatic rings. The van der Waals surface area contributed by atoms with Crippen molar-refractivity contribution in [1.29, 1.82) is 0 Å². The smallest absolute Gasteiger partial charge is 0.110 e. The van der Waals surface area contributed by atoms with E-state index >= 15 is 0 Å². The number of hydrogen-bond donors (Lipinski definition) is 1. The molecule has 0 aromatic heterocycles. The van der Waals surface area contributed by atoms with Crippen LogP contribution in [-0.2, 0) is 9.47 Å². The van der Waals surface area contributed by atoms with Crippen molar-refractivity contribution in [3.8, 4) is 0 Å². The van der Waals surface area contributed by atoms with Crippen LogP contribution in [0.3, 0.4) is 0 Å². The van der Waals surface area contributed by atoms with Crippen LogP contribution in [0.5, 0.6) is 0 Å². The Hall–Kier alpha value is -0.580. The van der Waals surface area contributed by atoms with Gasteiger partial charge in [-0.05, 0) is 38.4 Å². The quantitative estimate of drug-likeness (QED) is 0.702. The predicted molar refractivity (Wildman–Crippen MR) is 68.0 cm³/mol. The molecule has 0 aliphatic carbocycles. The summed E-state index contributed by atoms with van der Waals surface area (Å²) in [7, 11) is 0. The van der Waals surface area contributed by atoms with Crippen molar-refractivity contribution in [2.45, 2.75) is 25.4 Å². The molecule has 0 radical (unpaired) electrons. The fraction of sp³-hybridized carbons (Fsp3) is 0.846. The Labute approximate surface area is 104 Å². The van der Waals surface area contributed by atoms with Gasteiger partial charge in [-0.15, -0.1) is 0 Å². The Bertz CT molecular complexity index is 227. The molecule has 4 heteroatoms. The van der Waals surface area contributed by atoms with Crippen molar-refractivity contribution < 1.29 is 9.47 Å².